The van der Waals surface area contributed by atoms with Gasteiger partial charge in [0.1, 0.15) is 27.5 Å². The van der Waals surface area contributed by atoms with Crippen molar-refractivity contribution in [3.63, 3.8) is 0 Å². The van der Waals surface area contributed by atoms with Crippen LogP contribution >= 0.6 is 34.8 Å². The van der Waals surface area contributed by atoms with Gasteiger partial charge in [-0.25, -0.2) is 13.2 Å². The molecular formula is C35H41Cl3N4O4S. The number of amides is 2. The molecule has 2 aliphatic heterocycles. The minimum absolute atomic E-state index is 0.0802. The van der Waals surface area contributed by atoms with Gasteiger partial charge in [-0.2, -0.15) is 0 Å². The molecule has 0 spiro atoms. The first-order valence-electron chi connectivity index (χ1n) is 15.7. The number of benzene rings is 3. The lowest BCUT2D eigenvalue weighted by Crippen LogP contribution is -2.54. The number of sulfone groups is 1. The molecule has 1 fully saturated rings. The Morgan fingerprint density at radius 2 is 1.49 bits per heavy atom. The van der Waals surface area contributed by atoms with Crippen LogP contribution in [0.25, 0.3) is 0 Å². The third-order valence-corrected chi connectivity index (χ3v) is 10.3. The molecule has 0 unspecified atom stereocenters. The molecule has 2 atom stereocenters. The molecule has 0 radical (unpaired) electrons. The summed E-state index contributed by atoms with van der Waals surface area (Å²) in [6, 6.07) is 17.6. The van der Waals surface area contributed by atoms with E-state index >= 15 is 0 Å². The van der Waals surface area contributed by atoms with E-state index in [2.05, 4.69) is 25.7 Å². The van der Waals surface area contributed by atoms with Crippen molar-refractivity contribution >= 4 is 56.5 Å². The Kier molecular flexibility index (Phi) is 10.8. The highest BCUT2D eigenvalue weighted by Crippen LogP contribution is 2.46. The molecule has 1 saturated heterocycles. The van der Waals surface area contributed by atoms with Crippen molar-refractivity contribution in [2.75, 3.05) is 51.3 Å². The smallest absolute Gasteiger partial charge is 0.326 e. The number of carbonyl (C=O) groups is 1. The number of halogens is 3. The Morgan fingerprint density at radius 1 is 0.915 bits per heavy atom. The van der Waals surface area contributed by atoms with Gasteiger partial charge in [-0.3, -0.25) is 14.8 Å². The molecule has 2 aliphatic rings. The summed E-state index contributed by atoms with van der Waals surface area (Å²) in [5.41, 5.74) is 3.06. The van der Waals surface area contributed by atoms with E-state index in [1.54, 1.807) is 4.90 Å². The fourth-order valence-corrected chi connectivity index (χ4v) is 7.33. The van der Waals surface area contributed by atoms with Crippen LogP contribution in [0.3, 0.4) is 0 Å². The van der Waals surface area contributed by atoms with E-state index in [1.165, 1.54) is 6.26 Å². The Labute approximate surface area is 293 Å². The standard InChI is InChI=1S/C35H41Cl3N4O4S/c1-6-46-30-22-28(35(2,3)4)29(38)21-27(30)33-39-31(23-7-11-25(36)12-8-23)32(24-9-13-26(37)14-10-24)42(33)34(43)41-17-15-40(16-18-41)19-20-47(5,44)45/h7-14,21-22,31-32H,6,15-20H2,1-5H3/t31-,32+/m0/s1. The van der Waals surface area contributed by atoms with E-state index in [1.807, 2.05) is 72.5 Å². The highest BCUT2D eigenvalue weighted by atomic mass is 35.5. The number of urea groups is 1. The molecule has 3 aromatic rings. The molecule has 47 heavy (non-hydrogen) atoms. The van der Waals surface area contributed by atoms with Gasteiger partial charge in [0.15, 0.2) is 0 Å². The van der Waals surface area contributed by atoms with E-state index in [-0.39, 0.29) is 17.2 Å². The average molecular weight is 720 g/mol. The molecule has 0 aliphatic carbocycles. The Hall–Kier alpha value is -2.82. The van der Waals surface area contributed by atoms with Crippen molar-refractivity contribution in [2.45, 2.75) is 45.2 Å². The second kappa shape index (κ2) is 14.3. The van der Waals surface area contributed by atoms with Gasteiger partial charge in [-0.05, 0) is 65.4 Å². The lowest BCUT2D eigenvalue weighted by atomic mass is 9.86. The number of piperazine rings is 1. The summed E-state index contributed by atoms with van der Waals surface area (Å²) in [6.45, 7) is 11.0. The fraction of sp³-hybridized carbons (Fsp3) is 0.429. The average Bonchev–Trinajstić information content (AvgIpc) is 3.41. The Bertz CT molecular complexity index is 1730. The van der Waals surface area contributed by atoms with Crippen molar-refractivity contribution in [3.05, 3.63) is 98.0 Å². The third-order valence-electron chi connectivity index (χ3n) is 8.54. The first-order valence-corrected chi connectivity index (χ1v) is 18.9. The molecule has 8 nitrogen and oxygen atoms in total. The van der Waals surface area contributed by atoms with Crippen LogP contribution in [0.15, 0.2) is 65.7 Å². The molecule has 3 aromatic carbocycles. The molecule has 0 saturated carbocycles. The highest BCUT2D eigenvalue weighted by Gasteiger charge is 2.45. The van der Waals surface area contributed by atoms with Gasteiger partial charge in [0, 0.05) is 54.0 Å². The quantitative estimate of drug-likeness (QED) is 0.239. The number of rotatable bonds is 8. The van der Waals surface area contributed by atoms with Crippen molar-refractivity contribution < 1.29 is 17.9 Å². The minimum atomic E-state index is -3.09. The van der Waals surface area contributed by atoms with Crippen LogP contribution in [0.4, 0.5) is 4.79 Å². The molecule has 0 N–H and O–H groups in total. The zero-order valence-electron chi connectivity index (χ0n) is 27.3. The second-order valence-electron chi connectivity index (χ2n) is 13.1. The SMILES string of the molecule is CCOc1cc(C(C)(C)C)c(Cl)cc1C1=N[C@@H](c2ccc(Cl)cc2)[C@@H](c2ccc(Cl)cc2)N1C(=O)N1CCN(CCS(C)(=O)=O)CC1. The summed E-state index contributed by atoms with van der Waals surface area (Å²) in [7, 11) is -3.09. The topological polar surface area (TPSA) is 82.5 Å². The summed E-state index contributed by atoms with van der Waals surface area (Å²) in [5.74, 6) is 1.13. The number of nitrogens with zero attached hydrogens (tertiary/aromatic N) is 4. The van der Waals surface area contributed by atoms with Crippen LogP contribution < -0.4 is 4.74 Å². The van der Waals surface area contributed by atoms with E-state index in [4.69, 9.17) is 44.5 Å². The zero-order valence-corrected chi connectivity index (χ0v) is 30.4. The van der Waals surface area contributed by atoms with Crippen LogP contribution in [0.2, 0.25) is 15.1 Å². The maximum atomic E-state index is 14.8. The van der Waals surface area contributed by atoms with Crippen molar-refractivity contribution in [2.24, 2.45) is 4.99 Å². The van der Waals surface area contributed by atoms with Crippen LogP contribution in [0.1, 0.15) is 62.0 Å². The summed E-state index contributed by atoms with van der Waals surface area (Å²) in [6.07, 6.45) is 1.24. The summed E-state index contributed by atoms with van der Waals surface area (Å²) < 4.78 is 29.8. The Morgan fingerprint density at radius 3 is 2.02 bits per heavy atom. The number of hydrogen-bond donors (Lipinski definition) is 0. The van der Waals surface area contributed by atoms with Gasteiger partial charge in [-0.15, -0.1) is 0 Å². The van der Waals surface area contributed by atoms with Crippen LogP contribution in [-0.4, -0.2) is 86.3 Å². The number of carbonyl (C=O) groups excluding carboxylic acids is 1. The first-order chi connectivity index (χ1) is 22.2. The Balaban J connectivity index is 1.63. The number of hydrogen-bond acceptors (Lipinski definition) is 6. The van der Waals surface area contributed by atoms with Gasteiger partial charge in [0.05, 0.1) is 24.0 Å². The molecule has 0 bridgehead atoms. The third kappa shape index (κ3) is 8.26. The number of ether oxygens (including phenoxy) is 1. The maximum Gasteiger partial charge on any atom is 0.326 e. The maximum absolute atomic E-state index is 14.8. The summed E-state index contributed by atoms with van der Waals surface area (Å²) in [4.78, 5) is 25.7. The molecule has 0 aromatic heterocycles. The summed E-state index contributed by atoms with van der Waals surface area (Å²) >= 11 is 19.6. The first kappa shape index (κ1) is 35.5. The van der Waals surface area contributed by atoms with Crippen molar-refractivity contribution in [1.29, 1.82) is 0 Å². The predicted octanol–water partition coefficient (Wildman–Crippen LogP) is 7.67. The zero-order chi connectivity index (χ0) is 34.1. The molecular weight excluding hydrogens is 679 g/mol. The molecule has 252 valence electrons. The van der Waals surface area contributed by atoms with Crippen molar-refractivity contribution in [3.8, 4) is 5.75 Å². The molecule has 5 rings (SSSR count). The van der Waals surface area contributed by atoms with Gasteiger partial charge in [0.2, 0.25) is 0 Å². The van der Waals surface area contributed by atoms with E-state index < -0.39 is 21.9 Å². The van der Waals surface area contributed by atoms with E-state index in [0.717, 1.165) is 16.7 Å². The highest BCUT2D eigenvalue weighted by molar-refractivity contribution is 7.90. The van der Waals surface area contributed by atoms with Crippen LogP contribution in [0.5, 0.6) is 5.75 Å². The predicted molar refractivity (Wildman–Crippen MR) is 191 cm³/mol. The van der Waals surface area contributed by atoms with Gasteiger partial charge < -0.3 is 9.64 Å². The lowest BCUT2D eigenvalue weighted by Gasteiger charge is -2.39. The largest absolute Gasteiger partial charge is 0.493 e. The molecule has 2 heterocycles. The van der Waals surface area contributed by atoms with E-state index in [0.29, 0.717) is 71.5 Å². The summed E-state index contributed by atoms with van der Waals surface area (Å²) in [5, 5.41) is 1.74. The van der Waals surface area contributed by atoms with Gasteiger partial charge >= 0.3 is 6.03 Å². The second-order valence-corrected chi connectivity index (χ2v) is 16.6. The lowest BCUT2D eigenvalue weighted by molar-refractivity contribution is 0.122. The van der Waals surface area contributed by atoms with Crippen molar-refractivity contribution in [1.82, 2.24) is 14.7 Å². The monoisotopic (exact) mass is 718 g/mol. The molecule has 2 amide bonds. The fourth-order valence-electron chi connectivity index (χ4n) is 6.04. The normalized spacial score (nSPS) is 19.2. The minimum Gasteiger partial charge on any atom is -0.493 e. The molecule has 12 heteroatoms. The number of aliphatic imine (C=N–C) groups is 1. The van der Waals surface area contributed by atoms with Crippen LogP contribution in [-0.2, 0) is 15.3 Å². The number of amidine groups is 1. The van der Waals surface area contributed by atoms with Gasteiger partial charge in [-0.1, -0.05) is 79.8 Å². The van der Waals surface area contributed by atoms with Crippen LogP contribution in [0, 0.1) is 0 Å². The van der Waals surface area contributed by atoms with Gasteiger partial charge in [0.25, 0.3) is 0 Å². The van der Waals surface area contributed by atoms with E-state index in [9.17, 15) is 13.2 Å².